The average Bonchev–Trinajstić information content (AvgIpc) is 2.08. The first-order chi connectivity index (χ1) is 6.18. The van der Waals surface area contributed by atoms with E-state index in [0.29, 0.717) is 0 Å². The summed E-state index contributed by atoms with van der Waals surface area (Å²) in [6.07, 6.45) is 3.49. The van der Waals surface area contributed by atoms with Crippen molar-refractivity contribution < 1.29 is 9.90 Å². The van der Waals surface area contributed by atoms with Gasteiger partial charge in [-0.05, 0) is 17.7 Å². The summed E-state index contributed by atoms with van der Waals surface area (Å²) in [6.45, 7) is 0. The van der Waals surface area contributed by atoms with Crippen LogP contribution in [-0.4, -0.2) is 11.1 Å². The van der Waals surface area contributed by atoms with Crippen LogP contribution in [0.25, 0.3) is 6.08 Å². The summed E-state index contributed by atoms with van der Waals surface area (Å²) in [5, 5.41) is 8.38. The highest BCUT2D eigenvalue weighted by molar-refractivity contribution is 9.10. The van der Waals surface area contributed by atoms with Crippen molar-refractivity contribution in [3.05, 3.63) is 40.4 Å². The van der Waals surface area contributed by atoms with Gasteiger partial charge in [-0.3, -0.25) is 4.79 Å². The monoisotopic (exact) mass is 240 g/mol. The zero-order chi connectivity index (χ0) is 9.68. The van der Waals surface area contributed by atoms with Crippen molar-refractivity contribution in [1.29, 1.82) is 0 Å². The molecule has 0 aromatic heterocycles. The molecule has 0 heterocycles. The maximum atomic E-state index is 10.2. The molecule has 0 spiro atoms. The molecule has 0 aliphatic carbocycles. The van der Waals surface area contributed by atoms with Gasteiger partial charge in [0.05, 0.1) is 6.42 Å². The lowest BCUT2D eigenvalue weighted by Crippen LogP contribution is -1.89. The fraction of sp³-hybridized carbons (Fsp3) is 0.100. The smallest absolute Gasteiger partial charge is 0.307 e. The molecule has 1 N–H and O–H groups in total. The molecule has 0 fully saturated rings. The standard InChI is InChI=1S/C10H9BrO2/c11-9-6-4-8(5-7-9)2-1-3-10(12)13/h1-2,4-7H,3H2,(H,12,13). The highest BCUT2D eigenvalue weighted by Crippen LogP contribution is 2.11. The van der Waals surface area contributed by atoms with E-state index in [9.17, 15) is 4.79 Å². The van der Waals surface area contributed by atoms with Crippen LogP contribution in [0.4, 0.5) is 0 Å². The van der Waals surface area contributed by atoms with Crippen LogP contribution >= 0.6 is 15.9 Å². The molecule has 0 aliphatic heterocycles. The Morgan fingerprint density at radius 1 is 1.38 bits per heavy atom. The maximum Gasteiger partial charge on any atom is 0.307 e. The van der Waals surface area contributed by atoms with Gasteiger partial charge in [-0.25, -0.2) is 0 Å². The van der Waals surface area contributed by atoms with Gasteiger partial charge in [0.15, 0.2) is 0 Å². The van der Waals surface area contributed by atoms with Gasteiger partial charge >= 0.3 is 5.97 Å². The van der Waals surface area contributed by atoms with Crippen molar-refractivity contribution in [3.63, 3.8) is 0 Å². The molecular weight excluding hydrogens is 232 g/mol. The summed E-state index contributed by atoms with van der Waals surface area (Å²) in [6, 6.07) is 7.67. The minimum atomic E-state index is -0.812. The molecule has 1 rings (SSSR count). The average molecular weight is 241 g/mol. The quantitative estimate of drug-likeness (QED) is 0.883. The number of hydrogen-bond donors (Lipinski definition) is 1. The summed E-state index contributed by atoms with van der Waals surface area (Å²) in [5.74, 6) is -0.812. The molecule has 0 saturated carbocycles. The number of halogens is 1. The Labute approximate surface area is 85.0 Å². The van der Waals surface area contributed by atoms with Crippen LogP contribution in [0.2, 0.25) is 0 Å². The van der Waals surface area contributed by atoms with Crippen molar-refractivity contribution in [3.8, 4) is 0 Å². The van der Waals surface area contributed by atoms with E-state index in [4.69, 9.17) is 5.11 Å². The summed E-state index contributed by atoms with van der Waals surface area (Å²) >= 11 is 3.32. The van der Waals surface area contributed by atoms with Gasteiger partial charge in [0.1, 0.15) is 0 Å². The van der Waals surface area contributed by atoms with E-state index in [1.807, 2.05) is 24.3 Å². The Bertz CT molecular complexity index is 314. The number of rotatable bonds is 3. The second kappa shape index (κ2) is 4.82. The van der Waals surface area contributed by atoms with Gasteiger partial charge in [-0.15, -0.1) is 0 Å². The van der Waals surface area contributed by atoms with Crippen LogP contribution in [0.5, 0.6) is 0 Å². The minimum Gasteiger partial charge on any atom is -0.481 e. The Balaban J connectivity index is 2.59. The number of carboxylic acid groups (broad SMARTS) is 1. The van der Waals surface area contributed by atoms with Gasteiger partial charge in [0.2, 0.25) is 0 Å². The SMILES string of the molecule is O=C(O)CC=Cc1ccc(Br)cc1. The van der Waals surface area contributed by atoms with E-state index < -0.39 is 5.97 Å². The fourth-order valence-corrected chi connectivity index (χ4v) is 1.13. The molecule has 1 aromatic rings. The summed E-state index contributed by atoms with van der Waals surface area (Å²) in [7, 11) is 0. The van der Waals surface area contributed by atoms with E-state index in [0.717, 1.165) is 10.0 Å². The van der Waals surface area contributed by atoms with Gasteiger partial charge in [0, 0.05) is 4.47 Å². The second-order valence-corrected chi connectivity index (χ2v) is 3.47. The molecule has 0 unspecified atom stereocenters. The van der Waals surface area contributed by atoms with Gasteiger partial charge < -0.3 is 5.11 Å². The molecule has 1 aromatic carbocycles. The van der Waals surface area contributed by atoms with Crippen LogP contribution in [-0.2, 0) is 4.79 Å². The van der Waals surface area contributed by atoms with Crippen molar-refractivity contribution >= 4 is 28.0 Å². The number of hydrogen-bond acceptors (Lipinski definition) is 1. The van der Waals surface area contributed by atoms with Crippen LogP contribution in [0, 0.1) is 0 Å². The first-order valence-corrected chi connectivity index (χ1v) is 4.61. The molecule has 13 heavy (non-hydrogen) atoms. The molecule has 2 nitrogen and oxygen atoms in total. The van der Waals surface area contributed by atoms with Crippen LogP contribution in [0.15, 0.2) is 34.8 Å². The van der Waals surface area contributed by atoms with Crippen molar-refractivity contribution in [2.45, 2.75) is 6.42 Å². The molecule has 0 amide bonds. The van der Waals surface area contributed by atoms with Crippen LogP contribution in [0.3, 0.4) is 0 Å². The lowest BCUT2D eigenvalue weighted by atomic mass is 10.2. The van der Waals surface area contributed by atoms with E-state index >= 15 is 0 Å². The lowest BCUT2D eigenvalue weighted by Gasteiger charge is -1.92. The largest absolute Gasteiger partial charge is 0.481 e. The topological polar surface area (TPSA) is 37.3 Å². The Morgan fingerprint density at radius 2 is 2.00 bits per heavy atom. The Hall–Kier alpha value is -1.09. The first-order valence-electron chi connectivity index (χ1n) is 3.82. The number of carbonyl (C=O) groups is 1. The summed E-state index contributed by atoms with van der Waals surface area (Å²) in [4.78, 5) is 10.2. The van der Waals surface area contributed by atoms with Gasteiger partial charge in [-0.1, -0.05) is 40.2 Å². The van der Waals surface area contributed by atoms with Crippen molar-refractivity contribution in [2.24, 2.45) is 0 Å². The van der Waals surface area contributed by atoms with Gasteiger partial charge in [-0.2, -0.15) is 0 Å². The van der Waals surface area contributed by atoms with Gasteiger partial charge in [0.25, 0.3) is 0 Å². The molecule has 3 heteroatoms. The third kappa shape index (κ3) is 3.90. The maximum absolute atomic E-state index is 10.2. The van der Waals surface area contributed by atoms with Crippen LogP contribution in [0.1, 0.15) is 12.0 Å². The third-order valence-electron chi connectivity index (χ3n) is 1.47. The normalized spacial score (nSPS) is 10.5. The van der Waals surface area contributed by atoms with Crippen molar-refractivity contribution in [2.75, 3.05) is 0 Å². The molecule has 0 bridgehead atoms. The highest BCUT2D eigenvalue weighted by Gasteiger charge is 1.90. The molecule has 0 aliphatic rings. The summed E-state index contributed by atoms with van der Waals surface area (Å²) < 4.78 is 1.02. The van der Waals surface area contributed by atoms with E-state index in [-0.39, 0.29) is 6.42 Å². The molecular formula is C10H9BrO2. The third-order valence-corrected chi connectivity index (χ3v) is 2.00. The number of benzene rings is 1. The predicted molar refractivity (Wildman–Crippen MR) is 55.4 cm³/mol. The van der Waals surface area contributed by atoms with E-state index in [1.165, 1.54) is 0 Å². The Kier molecular flexibility index (Phi) is 3.71. The number of carboxylic acids is 1. The fourth-order valence-electron chi connectivity index (χ4n) is 0.870. The summed E-state index contributed by atoms with van der Waals surface area (Å²) in [5.41, 5.74) is 1.00. The van der Waals surface area contributed by atoms with Crippen molar-refractivity contribution in [1.82, 2.24) is 0 Å². The molecule has 68 valence electrons. The zero-order valence-corrected chi connectivity index (χ0v) is 8.49. The van der Waals surface area contributed by atoms with E-state index in [1.54, 1.807) is 12.2 Å². The molecule has 0 atom stereocenters. The lowest BCUT2D eigenvalue weighted by molar-refractivity contribution is -0.135. The number of aliphatic carboxylic acids is 1. The Morgan fingerprint density at radius 3 is 2.54 bits per heavy atom. The predicted octanol–water partition coefficient (Wildman–Crippen LogP) is 2.94. The first kappa shape index (κ1) is 9.99. The molecule has 0 saturated heterocycles. The minimum absolute atomic E-state index is 0.0655. The highest BCUT2D eigenvalue weighted by atomic mass is 79.9. The zero-order valence-electron chi connectivity index (χ0n) is 6.90. The van der Waals surface area contributed by atoms with E-state index in [2.05, 4.69) is 15.9 Å². The second-order valence-electron chi connectivity index (χ2n) is 2.55. The molecule has 0 radical (unpaired) electrons. The van der Waals surface area contributed by atoms with Crippen LogP contribution < -0.4 is 0 Å².